The number of halogens is 1. The molecule has 0 radical (unpaired) electrons. The normalized spacial score (nSPS) is 32.4. The molecule has 14 nitrogen and oxygen atoms in total. The maximum atomic E-state index is 15.5. The van der Waals surface area contributed by atoms with E-state index >= 15 is 4.39 Å². The lowest BCUT2D eigenvalue weighted by Crippen LogP contribution is -2.43. The van der Waals surface area contributed by atoms with Crippen molar-refractivity contribution in [2.24, 2.45) is 0 Å². The summed E-state index contributed by atoms with van der Waals surface area (Å²) in [6.07, 6.45) is -1.25. The number of aliphatic hydroxyl groups is 2. The van der Waals surface area contributed by atoms with Gasteiger partial charge in [-0.25, -0.2) is 18.9 Å². The Labute approximate surface area is 228 Å². The van der Waals surface area contributed by atoms with Crippen molar-refractivity contribution in [2.75, 3.05) is 19.8 Å². The molecule has 1 fully saturated rings. The van der Waals surface area contributed by atoms with Gasteiger partial charge in [-0.3, -0.25) is 13.9 Å². The van der Waals surface area contributed by atoms with Gasteiger partial charge in [-0.15, -0.1) is 0 Å². The van der Waals surface area contributed by atoms with E-state index in [2.05, 4.69) is 20.0 Å². The highest BCUT2D eigenvalue weighted by atomic mass is 31.2. The Bertz CT molecular complexity index is 1380. The number of benzene rings is 1. The Morgan fingerprint density at radius 2 is 1.90 bits per heavy atom. The number of cyclic esters (lactones) is 1. The van der Waals surface area contributed by atoms with Gasteiger partial charge in [0.2, 0.25) is 5.88 Å². The summed E-state index contributed by atoms with van der Waals surface area (Å²) in [6.45, 7) is 1.12. The number of nitrogens with one attached hydrogen (secondary N) is 1. The number of ether oxygens (including phenoxy) is 3. The maximum Gasteiger partial charge on any atom is 0.459 e. The van der Waals surface area contributed by atoms with Crippen LogP contribution in [0.25, 0.3) is 11.2 Å². The minimum Gasteiger partial charge on any atom is -0.476 e. The average Bonchev–Trinajstić information content (AvgIpc) is 3.45. The van der Waals surface area contributed by atoms with Crippen molar-refractivity contribution in [3.8, 4) is 11.6 Å². The molecule has 5 rings (SSSR count). The number of para-hydroxylation sites is 1. The molecule has 3 aromatic rings. The summed E-state index contributed by atoms with van der Waals surface area (Å²) in [6, 6.07) is 6.91. The summed E-state index contributed by atoms with van der Waals surface area (Å²) in [5.74, 6) is -3.72. The van der Waals surface area contributed by atoms with E-state index in [0.29, 0.717) is 19.3 Å². The predicted octanol–water partition coefficient (Wildman–Crippen LogP) is 2.03. The van der Waals surface area contributed by atoms with E-state index in [4.69, 9.17) is 23.3 Å². The van der Waals surface area contributed by atoms with Gasteiger partial charge in [0.1, 0.15) is 30.3 Å². The van der Waals surface area contributed by atoms with Crippen LogP contribution in [0.2, 0.25) is 0 Å². The van der Waals surface area contributed by atoms with Crippen molar-refractivity contribution in [3.63, 3.8) is 0 Å². The molecular weight excluding hydrogens is 552 g/mol. The van der Waals surface area contributed by atoms with Crippen LogP contribution < -0.4 is 14.3 Å². The first-order chi connectivity index (χ1) is 19.2. The first-order valence-corrected chi connectivity index (χ1v) is 14.2. The number of esters is 1. The number of hydrogen-bond donors (Lipinski definition) is 3. The fraction of sp³-hybridized carbons (Fsp3) is 0.500. The molecule has 216 valence electrons. The third-order valence-corrected chi connectivity index (χ3v) is 7.99. The highest BCUT2D eigenvalue weighted by Crippen LogP contribution is 2.47. The zero-order chi connectivity index (χ0) is 28.3. The van der Waals surface area contributed by atoms with Crippen LogP contribution in [0.3, 0.4) is 0 Å². The Balaban J connectivity index is 1.45. The van der Waals surface area contributed by atoms with Gasteiger partial charge in [0, 0.05) is 0 Å². The number of hydrogen-bond acceptors (Lipinski definition) is 12. The van der Waals surface area contributed by atoms with Crippen molar-refractivity contribution in [1.29, 1.82) is 0 Å². The largest absolute Gasteiger partial charge is 0.476 e. The van der Waals surface area contributed by atoms with E-state index in [9.17, 15) is 19.6 Å². The van der Waals surface area contributed by atoms with Gasteiger partial charge in [0.15, 0.2) is 17.4 Å². The Kier molecular flexibility index (Phi) is 8.31. The topological polar surface area (TPSA) is 176 Å². The molecule has 2 aliphatic heterocycles. The second-order valence-corrected chi connectivity index (χ2v) is 11.0. The minimum absolute atomic E-state index is 0.0923. The summed E-state index contributed by atoms with van der Waals surface area (Å²) < 4.78 is 58.1. The summed E-state index contributed by atoms with van der Waals surface area (Å²) in [5, 5.41) is 23.7. The molecule has 40 heavy (non-hydrogen) atoms. The summed E-state index contributed by atoms with van der Waals surface area (Å²) >= 11 is 0. The molecule has 1 aromatic carbocycles. The van der Waals surface area contributed by atoms with E-state index < -0.39 is 50.7 Å². The standard InChI is InChI=1S/C24H29FN5O9P/c1-15-22(32)36-11-7-3-6-10-35-21-18-20(26-13-27-21)30(14-28-18)23-24(25,33)19(31)17(38-23)12-37-40(34,29-15)39-16-8-4-2-5-9-16/h2,4-5,8-9,13-15,17,19,23,31,33H,3,6-7,10-12H2,1H3,(H,29,34)/t15-,17-,19-,23-,24-,40?/m1/s1. The van der Waals surface area contributed by atoms with E-state index in [1.165, 1.54) is 31.7 Å². The molecule has 0 spiro atoms. The lowest BCUT2D eigenvalue weighted by Gasteiger charge is -2.24. The minimum atomic E-state index is -4.34. The molecule has 2 aliphatic rings. The number of aromatic nitrogens is 4. The molecule has 2 aromatic heterocycles. The zero-order valence-electron chi connectivity index (χ0n) is 21.5. The van der Waals surface area contributed by atoms with Gasteiger partial charge < -0.3 is 28.9 Å². The highest BCUT2D eigenvalue weighted by molar-refractivity contribution is 7.52. The highest BCUT2D eigenvalue weighted by Gasteiger charge is 2.58. The second kappa shape index (κ2) is 11.7. The summed E-state index contributed by atoms with van der Waals surface area (Å²) in [7, 11) is -4.34. The lowest BCUT2D eigenvalue weighted by molar-refractivity contribution is -0.195. The number of alkyl halides is 1. The molecule has 3 N–H and O–H groups in total. The van der Waals surface area contributed by atoms with Crippen molar-refractivity contribution < 1.29 is 47.2 Å². The van der Waals surface area contributed by atoms with Gasteiger partial charge in [-0.05, 0) is 38.3 Å². The fourth-order valence-corrected chi connectivity index (χ4v) is 5.76. The van der Waals surface area contributed by atoms with Crippen molar-refractivity contribution in [3.05, 3.63) is 43.0 Å². The number of fused-ring (bicyclic) bond motifs is 3. The summed E-state index contributed by atoms with van der Waals surface area (Å²) in [4.78, 5) is 24.9. The van der Waals surface area contributed by atoms with Crippen LogP contribution in [0.1, 0.15) is 32.4 Å². The van der Waals surface area contributed by atoms with Crippen LogP contribution >= 0.6 is 7.75 Å². The Morgan fingerprint density at radius 3 is 2.67 bits per heavy atom. The van der Waals surface area contributed by atoms with Crippen LogP contribution in [0.4, 0.5) is 4.39 Å². The average molecular weight is 581 g/mol. The van der Waals surface area contributed by atoms with E-state index in [-0.39, 0.29) is 36.0 Å². The molecule has 6 bridgehead atoms. The third kappa shape index (κ3) is 5.94. The van der Waals surface area contributed by atoms with E-state index in [1.54, 1.807) is 18.2 Å². The van der Waals surface area contributed by atoms with Crippen molar-refractivity contribution in [1.82, 2.24) is 24.6 Å². The number of carbonyl (C=O) groups excluding carboxylic acids is 1. The Morgan fingerprint density at radius 1 is 1.15 bits per heavy atom. The van der Waals surface area contributed by atoms with E-state index in [0.717, 1.165) is 4.57 Å². The molecule has 4 heterocycles. The molecular formula is C24H29FN5O9P. The van der Waals surface area contributed by atoms with Gasteiger partial charge >= 0.3 is 13.7 Å². The van der Waals surface area contributed by atoms with Crippen LogP contribution in [0.5, 0.6) is 11.6 Å². The van der Waals surface area contributed by atoms with Crippen LogP contribution in [0.15, 0.2) is 43.0 Å². The quantitative estimate of drug-likeness (QED) is 0.296. The molecule has 0 amide bonds. The van der Waals surface area contributed by atoms with E-state index in [1.807, 2.05) is 0 Å². The smallest absolute Gasteiger partial charge is 0.459 e. The number of carbonyl (C=O) groups is 1. The zero-order valence-corrected chi connectivity index (χ0v) is 22.4. The van der Waals surface area contributed by atoms with Crippen molar-refractivity contribution in [2.45, 2.75) is 56.5 Å². The SMILES string of the molecule is C[C@H]1NP(=O)(Oc2ccccc2)OC[C@H]2O[C@@H](n3cnc4c(ncnc43)OCCCCCOC1=O)[C@@](O)(F)[C@@H]2O. The van der Waals surface area contributed by atoms with Crippen LogP contribution in [-0.2, 0) is 23.4 Å². The van der Waals surface area contributed by atoms with Crippen LogP contribution in [-0.4, -0.2) is 79.6 Å². The number of imidazole rings is 1. The predicted molar refractivity (Wildman–Crippen MR) is 135 cm³/mol. The molecule has 0 saturated carbocycles. The Hall–Kier alpha value is -3.20. The number of rotatable bonds is 2. The maximum absolute atomic E-state index is 15.5. The molecule has 6 atom stereocenters. The molecule has 1 saturated heterocycles. The van der Waals surface area contributed by atoms with Gasteiger partial charge in [-0.2, -0.15) is 10.1 Å². The number of aliphatic hydroxyl groups excluding tert-OH is 1. The molecule has 16 heteroatoms. The third-order valence-electron chi connectivity index (χ3n) is 6.35. The van der Waals surface area contributed by atoms with Crippen LogP contribution in [0, 0.1) is 0 Å². The monoisotopic (exact) mass is 581 g/mol. The van der Waals surface area contributed by atoms with Gasteiger partial charge in [0.25, 0.3) is 5.85 Å². The molecule has 1 unspecified atom stereocenters. The first kappa shape index (κ1) is 28.3. The lowest BCUT2D eigenvalue weighted by atomic mass is 10.1. The van der Waals surface area contributed by atoms with Gasteiger partial charge in [0.05, 0.1) is 26.1 Å². The van der Waals surface area contributed by atoms with Gasteiger partial charge in [-0.1, -0.05) is 18.2 Å². The second-order valence-electron chi connectivity index (χ2n) is 9.33. The molecule has 0 aliphatic carbocycles. The van der Waals surface area contributed by atoms with Crippen molar-refractivity contribution >= 4 is 24.9 Å². The first-order valence-electron chi connectivity index (χ1n) is 12.7. The number of nitrogens with zero attached hydrogens (tertiary/aromatic N) is 4. The summed E-state index contributed by atoms with van der Waals surface area (Å²) in [5.41, 5.74) is 0.285. The fourth-order valence-electron chi connectivity index (χ4n) is 4.26.